The van der Waals surface area contributed by atoms with Gasteiger partial charge in [0.25, 0.3) is 0 Å². The van der Waals surface area contributed by atoms with E-state index in [9.17, 15) is 0 Å². The molecule has 3 heterocycles. The van der Waals surface area contributed by atoms with Crippen LogP contribution in [0.4, 0.5) is 5.95 Å². The summed E-state index contributed by atoms with van der Waals surface area (Å²) in [5, 5.41) is 3.98. The molecule has 8 nitrogen and oxygen atoms in total. The highest BCUT2D eigenvalue weighted by Gasteiger charge is 2.26. The van der Waals surface area contributed by atoms with E-state index in [-0.39, 0.29) is 6.04 Å². The summed E-state index contributed by atoms with van der Waals surface area (Å²) in [5.74, 6) is 2.75. The topological polar surface area (TPSA) is 80.4 Å². The summed E-state index contributed by atoms with van der Waals surface area (Å²) in [5.41, 5.74) is 0. The van der Waals surface area contributed by atoms with Crippen LogP contribution in [-0.2, 0) is 6.42 Å². The molecule has 1 saturated heterocycles. The minimum atomic E-state index is 0.121. The minimum absolute atomic E-state index is 0.121. The van der Waals surface area contributed by atoms with Crippen molar-refractivity contribution in [1.29, 1.82) is 0 Å². The van der Waals surface area contributed by atoms with E-state index in [0.717, 1.165) is 38.4 Å². The van der Waals surface area contributed by atoms with Gasteiger partial charge in [0.15, 0.2) is 5.82 Å². The fraction of sp³-hybridized carbons (Fsp3) is 0.600. The average Bonchev–Trinajstić information content (AvgIpc) is 3.10. The maximum absolute atomic E-state index is 5.35. The number of hydrogen-bond donors (Lipinski definition) is 0. The largest absolute Gasteiger partial charge is 0.481 e. The lowest BCUT2D eigenvalue weighted by Crippen LogP contribution is -2.47. The van der Waals surface area contributed by atoms with Crippen LogP contribution in [0.5, 0.6) is 5.88 Å². The van der Waals surface area contributed by atoms with Gasteiger partial charge in [0.05, 0.1) is 13.2 Å². The quantitative estimate of drug-likeness (QED) is 0.816. The van der Waals surface area contributed by atoms with Gasteiger partial charge >= 0.3 is 0 Å². The van der Waals surface area contributed by atoms with Crippen molar-refractivity contribution in [3.63, 3.8) is 0 Å². The van der Waals surface area contributed by atoms with Gasteiger partial charge in [-0.15, -0.1) is 0 Å². The van der Waals surface area contributed by atoms with Crippen molar-refractivity contribution in [2.24, 2.45) is 0 Å². The number of hydrogen-bond acceptors (Lipinski definition) is 8. The molecule has 3 rings (SSSR count). The predicted molar refractivity (Wildman–Crippen MR) is 84.5 cm³/mol. The summed E-state index contributed by atoms with van der Waals surface area (Å²) in [6.07, 6.45) is 2.51. The molecule has 124 valence electrons. The summed E-state index contributed by atoms with van der Waals surface area (Å²) in [4.78, 5) is 17.6. The Morgan fingerprint density at radius 2 is 2.04 bits per heavy atom. The second-order valence-electron chi connectivity index (χ2n) is 5.50. The number of aryl methyl sites for hydroxylation is 1. The van der Waals surface area contributed by atoms with Crippen molar-refractivity contribution >= 4 is 5.95 Å². The maximum Gasteiger partial charge on any atom is 0.243 e. The van der Waals surface area contributed by atoms with Gasteiger partial charge in [0.2, 0.25) is 17.7 Å². The molecule has 1 atom stereocenters. The van der Waals surface area contributed by atoms with E-state index in [4.69, 9.17) is 9.26 Å². The van der Waals surface area contributed by atoms with Crippen LogP contribution in [0.15, 0.2) is 16.8 Å². The van der Waals surface area contributed by atoms with Crippen molar-refractivity contribution < 1.29 is 9.26 Å². The normalized spacial score (nSPS) is 17.3. The highest BCUT2D eigenvalue weighted by molar-refractivity contribution is 5.32. The molecule has 1 aliphatic rings. The van der Waals surface area contributed by atoms with Crippen LogP contribution in [-0.4, -0.2) is 58.3 Å². The molecular formula is C15H22N6O2. The molecule has 0 unspecified atom stereocenters. The molecule has 0 N–H and O–H groups in total. The summed E-state index contributed by atoms with van der Waals surface area (Å²) >= 11 is 0. The number of anilines is 1. The lowest BCUT2D eigenvalue weighted by atomic mass is 10.2. The first kappa shape index (κ1) is 15.7. The van der Waals surface area contributed by atoms with Crippen molar-refractivity contribution in [3.8, 4) is 5.88 Å². The van der Waals surface area contributed by atoms with Gasteiger partial charge < -0.3 is 14.2 Å². The lowest BCUT2D eigenvalue weighted by molar-refractivity contribution is 0.163. The van der Waals surface area contributed by atoms with Crippen LogP contribution in [0.2, 0.25) is 0 Å². The summed E-state index contributed by atoms with van der Waals surface area (Å²) in [6.45, 7) is 7.62. The Bertz CT molecular complexity index is 638. The molecule has 0 radical (unpaired) electrons. The Morgan fingerprint density at radius 3 is 2.70 bits per heavy atom. The van der Waals surface area contributed by atoms with E-state index in [1.807, 2.05) is 6.92 Å². The molecule has 0 spiro atoms. The van der Waals surface area contributed by atoms with Crippen molar-refractivity contribution in [3.05, 3.63) is 24.0 Å². The SMILES string of the molecule is CCc1noc([C@H](C)N2CCN(c3nccc(OC)n3)CC2)n1. The summed E-state index contributed by atoms with van der Waals surface area (Å²) < 4.78 is 10.5. The van der Waals surface area contributed by atoms with E-state index < -0.39 is 0 Å². The van der Waals surface area contributed by atoms with E-state index in [1.54, 1.807) is 19.4 Å². The van der Waals surface area contributed by atoms with Crippen LogP contribution < -0.4 is 9.64 Å². The number of aromatic nitrogens is 4. The van der Waals surface area contributed by atoms with Crippen LogP contribution >= 0.6 is 0 Å². The molecule has 0 aliphatic carbocycles. The van der Waals surface area contributed by atoms with Gasteiger partial charge in [-0.05, 0) is 6.92 Å². The molecule has 0 bridgehead atoms. The van der Waals surface area contributed by atoms with Crippen molar-refractivity contribution in [2.45, 2.75) is 26.3 Å². The molecule has 1 fully saturated rings. The minimum Gasteiger partial charge on any atom is -0.481 e. The molecule has 1 aliphatic heterocycles. The zero-order valence-electron chi connectivity index (χ0n) is 13.8. The monoisotopic (exact) mass is 318 g/mol. The number of piperazine rings is 1. The molecule has 23 heavy (non-hydrogen) atoms. The molecule has 0 saturated carbocycles. The van der Waals surface area contributed by atoms with E-state index in [1.165, 1.54) is 0 Å². The first-order valence-corrected chi connectivity index (χ1v) is 7.89. The number of ether oxygens (including phenoxy) is 1. The van der Waals surface area contributed by atoms with Crippen molar-refractivity contribution in [1.82, 2.24) is 25.0 Å². The van der Waals surface area contributed by atoms with Gasteiger partial charge in [-0.3, -0.25) is 4.90 Å². The average molecular weight is 318 g/mol. The molecule has 8 heteroatoms. The summed E-state index contributed by atoms with van der Waals surface area (Å²) in [6, 6.07) is 1.87. The van der Waals surface area contributed by atoms with Crippen LogP contribution in [0.3, 0.4) is 0 Å². The third-order valence-electron chi connectivity index (χ3n) is 4.13. The number of methoxy groups -OCH3 is 1. The number of rotatable bonds is 5. The molecular weight excluding hydrogens is 296 g/mol. The highest BCUT2D eigenvalue weighted by atomic mass is 16.5. The Labute approximate surface area is 135 Å². The lowest BCUT2D eigenvalue weighted by Gasteiger charge is -2.36. The number of nitrogens with zero attached hydrogens (tertiary/aromatic N) is 6. The van der Waals surface area contributed by atoms with E-state index in [2.05, 4.69) is 36.8 Å². The fourth-order valence-corrected chi connectivity index (χ4v) is 2.64. The molecule has 0 aromatic carbocycles. The first-order chi connectivity index (χ1) is 11.2. The zero-order chi connectivity index (χ0) is 16.2. The van der Waals surface area contributed by atoms with Gasteiger partial charge in [0, 0.05) is 44.9 Å². The Kier molecular flexibility index (Phi) is 4.71. The molecule has 0 amide bonds. The molecule has 2 aromatic heterocycles. The summed E-state index contributed by atoms with van der Waals surface area (Å²) in [7, 11) is 1.61. The van der Waals surface area contributed by atoms with Crippen LogP contribution in [0.25, 0.3) is 0 Å². The van der Waals surface area contributed by atoms with Gasteiger partial charge in [0.1, 0.15) is 0 Å². The van der Waals surface area contributed by atoms with Gasteiger partial charge in [-0.2, -0.15) is 9.97 Å². The van der Waals surface area contributed by atoms with Crippen molar-refractivity contribution in [2.75, 3.05) is 38.2 Å². The van der Waals surface area contributed by atoms with Gasteiger partial charge in [-0.1, -0.05) is 12.1 Å². The first-order valence-electron chi connectivity index (χ1n) is 7.89. The fourth-order valence-electron chi connectivity index (χ4n) is 2.64. The highest BCUT2D eigenvalue weighted by Crippen LogP contribution is 2.22. The Morgan fingerprint density at radius 1 is 1.26 bits per heavy atom. The Hall–Kier alpha value is -2.22. The Balaban J connectivity index is 1.61. The van der Waals surface area contributed by atoms with Crippen LogP contribution in [0, 0.1) is 0 Å². The third kappa shape index (κ3) is 3.42. The van der Waals surface area contributed by atoms with E-state index >= 15 is 0 Å². The smallest absolute Gasteiger partial charge is 0.243 e. The second kappa shape index (κ2) is 6.91. The standard InChI is InChI=1S/C15H22N6O2/c1-4-12-17-14(23-19-12)11(2)20-7-9-21(10-8-20)15-16-6-5-13(18-15)22-3/h5-6,11H,4,7-10H2,1-3H3/t11-/m0/s1. The predicted octanol–water partition coefficient (Wildman–Crippen LogP) is 1.31. The van der Waals surface area contributed by atoms with E-state index in [0.29, 0.717) is 17.7 Å². The third-order valence-corrected chi connectivity index (χ3v) is 4.13. The maximum atomic E-state index is 5.35. The molecule has 2 aromatic rings. The van der Waals surface area contributed by atoms with Crippen LogP contribution in [0.1, 0.15) is 31.6 Å². The second-order valence-corrected chi connectivity index (χ2v) is 5.50. The van der Waals surface area contributed by atoms with Gasteiger partial charge in [-0.25, -0.2) is 4.98 Å². The zero-order valence-corrected chi connectivity index (χ0v) is 13.8.